The number of aromatic nitrogens is 1. The minimum absolute atomic E-state index is 0.0521. The molecule has 4 heteroatoms. The van der Waals surface area contributed by atoms with Crippen molar-refractivity contribution in [2.45, 2.75) is 0 Å². The van der Waals surface area contributed by atoms with Gasteiger partial charge in [-0.15, -0.1) is 0 Å². The highest BCUT2D eigenvalue weighted by molar-refractivity contribution is 9.10. The van der Waals surface area contributed by atoms with E-state index in [-0.39, 0.29) is 5.70 Å². The van der Waals surface area contributed by atoms with E-state index >= 15 is 0 Å². The summed E-state index contributed by atoms with van der Waals surface area (Å²) in [5, 5.41) is 17.0. The van der Waals surface area contributed by atoms with Crippen molar-refractivity contribution in [3.63, 3.8) is 0 Å². The molecule has 58 valence electrons. The summed E-state index contributed by atoms with van der Waals surface area (Å²) in [6.07, 6.45) is 3.30. The topological polar surface area (TPSA) is 50.0 Å². The predicted octanol–water partition coefficient (Wildman–Crippen LogP) is 1.34. The third-order valence-corrected chi connectivity index (χ3v) is 1.70. The smallest absolute Gasteiger partial charge is 0.309 e. The monoisotopic (exact) mass is 221 g/mol. The van der Waals surface area contributed by atoms with Gasteiger partial charge >= 0.3 is 5.70 Å². The Bertz CT molecular complexity index is 386. The minimum atomic E-state index is 0.0521. The molecule has 1 rings (SSSR count). The summed E-state index contributed by atoms with van der Waals surface area (Å²) in [5.74, 6) is 1.79. The molecule has 0 saturated carbocycles. The van der Waals surface area contributed by atoms with Crippen LogP contribution in [0.15, 0.2) is 29.0 Å². The fourth-order valence-electron chi connectivity index (χ4n) is 0.726. The van der Waals surface area contributed by atoms with Crippen LogP contribution in [0.5, 0.6) is 0 Å². The van der Waals surface area contributed by atoms with Crippen LogP contribution >= 0.6 is 15.9 Å². The number of rotatable bonds is 1. The average molecular weight is 222 g/mol. The molecule has 1 aromatic rings. The normalized spacial score (nSPS) is 8.33. The van der Waals surface area contributed by atoms with Crippen molar-refractivity contribution in [3.8, 4) is 6.07 Å². The predicted molar refractivity (Wildman–Crippen MR) is 48.0 cm³/mol. The summed E-state index contributed by atoms with van der Waals surface area (Å²) in [5.41, 5.74) is 0.0521. The molecule has 0 spiro atoms. The summed E-state index contributed by atoms with van der Waals surface area (Å²) >= 11 is 3.24. The Labute approximate surface area is 78.2 Å². The quantitative estimate of drug-likeness (QED) is 0.401. The highest BCUT2D eigenvalue weighted by atomic mass is 79.9. The fraction of sp³-hybridized carbons (Fsp3) is 0. The summed E-state index contributed by atoms with van der Waals surface area (Å²) in [6, 6.07) is 5.36. The molecule has 0 aliphatic carbocycles. The number of nitrogens with zero attached hydrogens (tertiary/aromatic N) is 3. The van der Waals surface area contributed by atoms with Gasteiger partial charge in [0.1, 0.15) is 0 Å². The van der Waals surface area contributed by atoms with Gasteiger partial charge in [-0.2, -0.15) is 15.7 Å². The average Bonchev–Trinajstić information content (AvgIpc) is 2.07. The Morgan fingerprint density at radius 3 is 2.92 bits per heavy atom. The van der Waals surface area contributed by atoms with Crippen LogP contribution in [0.25, 0.3) is 11.1 Å². The van der Waals surface area contributed by atoms with Gasteiger partial charge < -0.3 is 5.41 Å². The molecule has 0 radical (unpaired) electrons. The van der Waals surface area contributed by atoms with Crippen LogP contribution in [0.3, 0.4) is 0 Å². The van der Waals surface area contributed by atoms with Gasteiger partial charge in [0.05, 0.1) is 4.47 Å². The summed E-state index contributed by atoms with van der Waals surface area (Å²) < 4.78 is 2.29. The van der Waals surface area contributed by atoms with E-state index < -0.39 is 0 Å². The first-order valence-corrected chi connectivity index (χ1v) is 3.91. The van der Waals surface area contributed by atoms with Crippen molar-refractivity contribution in [1.82, 2.24) is 0 Å². The Morgan fingerprint density at radius 2 is 2.42 bits per heavy atom. The SMILES string of the molecule is N#CC(=C=[N-])[n+]1cccc(Br)c1. The van der Waals surface area contributed by atoms with Gasteiger partial charge in [0, 0.05) is 6.07 Å². The lowest BCUT2D eigenvalue weighted by Crippen LogP contribution is -2.30. The zero-order valence-electron chi connectivity index (χ0n) is 6.03. The van der Waals surface area contributed by atoms with E-state index in [9.17, 15) is 0 Å². The number of nitriles is 1. The Morgan fingerprint density at radius 1 is 1.67 bits per heavy atom. The number of allylic oxidation sites excluding steroid dienone is 1. The zero-order chi connectivity index (χ0) is 8.97. The van der Waals surface area contributed by atoms with Crippen LogP contribution in [0.1, 0.15) is 0 Å². The lowest BCUT2D eigenvalue weighted by atomic mass is 10.4. The molecule has 0 aromatic carbocycles. The first kappa shape index (κ1) is 8.66. The third kappa shape index (κ3) is 1.79. The molecule has 0 aliphatic rings. The zero-order valence-corrected chi connectivity index (χ0v) is 7.62. The number of hydrogen-bond donors (Lipinski definition) is 0. The van der Waals surface area contributed by atoms with Crippen molar-refractivity contribution >= 4 is 27.5 Å². The van der Waals surface area contributed by atoms with Crippen molar-refractivity contribution in [1.29, 1.82) is 5.26 Å². The maximum atomic E-state index is 8.52. The number of pyridine rings is 1. The standard InChI is InChI=1S/C8H4BrN3/c9-7-2-1-3-12(6-7)8(4-10)5-11/h1-3,6H. The Kier molecular flexibility index (Phi) is 2.76. The van der Waals surface area contributed by atoms with Gasteiger partial charge in [-0.1, -0.05) is 0 Å². The molecule has 0 unspecified atom stereocenters. The van der Waals surface area contributed by atoms with Crippen LogP contribution in [0.4, 0.5) is 0 Å². The Balaban J connectivity index is 3.22. The van der Waals surface area contributed by atoms with Gasteiger partial charge in [-0.25, -0.2) is 0 Å². The highest BCUT2D eigenvalue weighted by Crippen LogP contribution is 2.03. The molecular formula is C8H4BrN3. The number of hydrogen-bond acceptors (Lipinski definition) is 1. The van der Waals surface area contributed by atoms with E-state index in [1.807, 2.05) is 6.07 Å². The van der Waals surface area contributed by atoms with E-state index in [4.69, 9.17) is 10.7 Å². The van der Waals surface area contributed by atoms with Crippen LogP contribution in [-0.4, -0.2) is 5.87 Å². The molecule has 0 N–H and O–H groups in total. The second-order valence-electron chi connectivity index (χ2n) is 2.00. The van der Waals surface area contributed by atoms with Crippen LogP contribution < -0.4 is 4.57 Å². The molecule has 0 amide bonds. The maximum absolute atomic E-state index is 8.52. The summed E-state index contributed by atoms with van der Waals surface area (Å²) in [6.45, 7) is 0. The second-order valence-corrected chi connectivity index (χ2v) is 2.92. The number of halogens is 1. The molecule has 1 heterocycles. The molecule has 3 nitrogen and oxygen atoms in total. The second kappa shape index (κ2) is 3.82. The minimum Gasteiger partial charge on any atom is -0.757 e. The van der Waals surface area contributed by atoms with Gasteiger partial charge in [-0.3, -0.25) is 0 Å². The van der Waals surface area contributed by atoms with Gasteiger partial charge in [0.25, 0.3) is 0 Å². The van der Waals surface area contributed by atoms with Crippen LogP contribution in [0, 0.1) is 11.3 Å². The molecule has 0 aliphatic heterocycles. The van der Waals surface area contributed by atoms with Crippen molar-refractivity contribution < 1.29 is 4.57 Å². The van der Waals surface area contributed by atoms with E-state index in [1.165, 1.54) is 4.57 Å². The summed E-state index contributed by atoms with van der Waals surface area (Å²) in [7, 11) is 0. The van der Waals surface area contributed by atoms with Gasteiger partial charge in [0.15, 0.2) is 18.5 Å². The summed E-state index contributed by atoms with van der Waals surface area (Å²) in [4.78, 5) is 0. The molecule has 0 saturated heterocycles. The molecule has 0 atom stereocenters. The van der Waals surface area contributed by atoms with Crippen molar-refractivity contribution in [2.24, 2.45) is 0 Å². The van der Waals surface area contributed by atoms with Crippen molar-refractivity contribution in [3.05, 3.63) is 34.4 Å². The fourth-order valence-corrected chi connectivity index (χ4v) is 1.10. The van der Waals surface area contributed by atoms with E-state index in [1.54, 1.807) is 30.4 Å². The highest BCUT2D eigenvalue weighted by Gasteiger charge is 2.05. The molecule has 1 aromatic heterocycles. The van der Waals surface area contributed by atoms with Crippen LogP contribution in [-0.2, 0) is 0 Å². The van der Waals surface area contributed by atoms with E-state index in [2.05, 4.69) is 15.9 Å². The van der Waals surface area contributed by atoms with Gasteiger partial charge in [-0.05, 0) is 22.0 Å². The largest absolute Gasteiger partial charge is 0.757 e. The Hall–Kier alpha value is -1.43. The van der Waals surface area contributed by atoms with Crippen molar-refractivity contribution in [2.75, 3.05) is 0 Å². The first-order valence-electron chi connectivity index (χ1n) is 3.12. The molecule has 0 bridgehead atoms. The van der Waals surface area contributed by atoms with Crippen LogP contribution in [0.2, 0.25) is 0 Å². The molecule has 12 heavy (non-hydrogen) atoms. The van der Waals surface area contributed by atoms with E-state index in [0.29, 0.717) is 0 Å². The van der Waals surface area contributed by atoms with E-state index in [0.717, 1.165) is 4.47 Å². The first-order chi connectivity index (χ1) is 5.77. The molecular weight excluding hydrogens is 218 g/mol. The van der Waals surface area contributed by atoms with Gasteiger partial charge in [0.2, 0.25) is 0 Å². The molecule has 0 fully saturated rings. The maximum Gasteiger partial charge on any atom is 0.309 e. The lowest BCUT2D eigenvalue weighted by Gasteiger charge is -1.90. The third-order valence-electron chi connectivity index (χ3n) is 1.23. The lowest BCUT2D eigenvalue weighted by molar-refractivity contribution is -0.576.